The van der Waals surface area contributed by atoms with Crippen molar-refractivity contribution in [3.05, 3.63) is 23.9 Å². The largest absolute Gasteiger partial charge is 0.349 e. The summed E-state index contributed by atoms with van der Waals surface area (Å²) in [7, 11) is 0. The van der Waals surface area contributed by atoms with E-state index in [2.05, 4.69) is 34.8 Å². The molecule has 2 rings (SSSR count). The number of carbonyl (C=O) groups excluding carboxylic acids is 2. The molecule has 2 heterocycles. The molecule has 126 valence electrons. The van der Waals surface area contributed by atoms with Gasteiger partial charge in [-0.3, -0.25) is 10.1 Å². The van der Waals surface area contributed by atoms with Crippen LogP contribution < -0.4 is 16.0 Å². The van der Waals surface area contributed by atoms with Gasteiger partial charge in [-0.1, -0.05) is 19.9 Å². The molecule has 0 saturated carbocycles. The Hall–Kier alpha value is -2.11. The topological polar surface area (TPSA) is 83.1 Å². The lowest BCUT2D eigenvalue weighted by atomic mass is 10.0. The van der Waals surface area contributed by atoms with Gasteiger partial charge in [-0.2, -0.15) is 0 Å². The van der Waals surface area contributed by atoms with Crippen molar-refractivity contribution in [3.8, 4) is 0 Å². The van der Waals surface area contributed by atoms with E-state index < -0.39 is 0 Å². The molecule has 0 spiro atoms. The van der Waals surface area contributed by atoms with Gasteiger partial charge in [-0.05, 0) is 43.7 Å². The average molecular weight is 318 g/mol. The first-order chi connectivity index (χ1) is 10.9. The molecule has 0 bridgehead atoms. The van der Waals surface area contributed by atoms with E-state index in [-0.39, 0.29) is 17.5 Å². The molecule has 1 saturated heterocycles. The maximum absolute atomic E-state index is 11.9. The van der Waals surface area contributed by atoms with Crippen molar-refractivity contribution < 1.29 is 9.59 Å². The zero-order valence-corrected chi connectivity index (χ0v) is 14.1. The first-order valence-electron chi connectivity index (χ1n) is 8.17. The van der Waals surface area contributed by atoms with Crippen molar-refractivity contribution in [1.29, 1.82) is 0 Å². The van der Waals surface area contributed by atoms with Crippen molar-refractivity contribution in [2.45, 2.75) is 52.0 Å². The number of pyridine rings is 1. The van der Waals surface area contributed by atoms with Crippen LogP contribution in [0.15, 0.2) is 18.3 Å². The lowest BCUT2D eigenvalue weighted by Crippen LogP contribution is -2.49. The van der Waals surface area contributed by atoms with Crippen LogP contribution in [-0.4, -0.2) is 29.0 Å². The molecule has 1 fully saturated rings. The number of urea groups is 1. The fourth-order valence-corrected chi connectivity index (χ4v) is 2.52. The Labute approximate surface area is 137 Å². The maximum atomic E-state index is 11.9. The van der Waals surface area contributed by atoms with Crippen molar-refractivity contribution in [2.75, 3.05) is 11.9 Å². The van der Waals surface area contributed by atoms with Crippen molar-refractivity contribution in [1.82, 2.24) is 15.6 Å². The van der Waals surface area contributed by atoms with E-state index in [1.807, 2.05) is 19.1 Å². The summed E-state index contributed by atoms with van der Waals surface area (Å²) in [6, 6.07) is 3.49. The van der Waals surface area contributed by atoms with Gasteiger partial charge in [0.25, 0.3) is 0 Å². The highest BCUT2D eigenvalue weighted by molar-refractivity contribution is 5.88. The third kappa shape index (κ3) is 5.54. The summed E-state index contributed by atoms with van der Waals surface area (Å²) < 4.78 is 0. The van der Waals surface area contributed by atoms with Crippen LogP contribution in [0.5, 0.6) is 0 Å². The Balaban J connectivity index is 1.77. The number of amides is 3. The Bertz CT molecular complexity index is 556. The van der Waals surface area contributed by atoms with Crippen LogP contribution in [0.25, 0.3) is 0 Å². The molecule has 1 atom stereocenters. The summed E-state index contributed by atoms with van der Waals surface area (Å²) in [5.74, 6) is 1.22. The first-order valence-corrected chi connectivity index (χ1v) is 8.17. The van der Waals surface area contributed by atoms with Gasteiger partial charge < -0.3 is 10.6 Å². The van der Waals surface area contributed by atoms with E-state index in [9.17, 15) is 9.59 Å². The molecular formula is C17H26N4O2. The molecule has 3 amide bonds. The molecule has 0 radical (unpaired) electrons. The second-order valence-electron chi connectivity index (χ2n) is 6.90. The Morgan fingerprint density at radius 1 is 1.43 bits per heavy atom. The second-order valence-corrected chi connectivity index (χ2v) is 6.90. The van der Waals surface area contributed by atoms with E-state index in [0.717, 1.165) is 19.3 Å². The number of hydrogen-bond donors (Lipinski definition) is 3. The molecule has 1 aliphatic heterocycles. The fraction of sp³-hybridized carbons (Fsp3) is 0.588. The summed E-state index contributed by atoms with van der Waals surface area (Å²) in [4.78, 5) is 27.5. The van der Waals surface area contributed by atoms with Crippen LogP contribution in [0.1, 0.15) is 45.6 Å². The number of nitrogens with one attached hydrogen (secondary N) is 3. The van der Waals surface area contributed by atoms with Crippen LogP contribution >= 0.6 is 0 Å². The fourth-order valence-electron chi connectivity index (χ4n) is 2.52. The predicted molar refractivity (Wildman–Crippen MR) is 90.2 cm³/mol. The minimum atomic E-state index is -0.359. The minimum Gasteiger partial charge on any atom is -0.349 e. The van der Waals surface area contributed by atoms with Gasteiger partial charge in [0, 0.05) is 19.2 Å². The number of hydrogen-bond acceptors (Lipinski definition) is 3. The monoisotopic (exact) mass is 318 g/mol. The van der Waals surface area contributed by atoms with E-state index in [4.69, 9.17) is 0 Å². The summed E-state index contributed by atoms with van der Waals surface area (Å²) >= 11 is 0. The zero-order chi connectivity index (χ0) is 16.9. The van der Waals surface area contributed by atoms with Crippen molar-refractivity contribution >= 4 is 17.8 Å². The van der Waals surface area contributed by atoms with Gasteiger partial charge in [0.05, 0.1) is 5.54 Å². The third-order valence-electron chi connectivity index (χ3n) is 4.06. The summed E-state index contributed by atoms with van der Waals surface area (Å²) in [6.07, 6.45) is 5.17. The normalized spacial score (nSPS) is 20.4. The van der Waals surface area contributed by atoms with E-state index in [1.54, 1.807) is 6.20 Å². The molecule has 23 heavy (non-hydrogen) atoms. The van der Waals surface area contributed by atoms with Gasteiger partial charge in [0.1, 0.15) is 5.82 Å². The third-order valence-corrected chi connectivity index (χ3v) is 4.06. The molecule has 1 aromatic heterocycles. The van der Waals surface area contributed by atoms with Crippen LogP contribution in [0, 0.1) is 5.92 Å². The SMILES string of the molecule is CC(C)CCc1ccc(NC(=O)NCC2(C)CCC(=O)N2)nc1. The molecule has 0 aliphatic carbocycles. The van der Waals surface area contributed by atoms with E-state index in [1.165, 1.54) is 5.56 Å². The summed E-state index contributed by atoms with van der Waals surface area (Å²) in [6.45, 7) is 6.72. The van der Waals surface area contributed by atoms with Gasteiger partial charge >= 0.3 is 6.03 Å². The van der Waals surface area contributed by atoms with Crippen LogP contribution in [0.3, 0.4) is 0 Å². The Kier molecular flexibility index (Phi) is 5.58. The first kappa shape index (κ1) is 17.2. The summed E-state index contributed by atoms with van der Waals surface area (Å²) in [5, 5.41) is 8.38. The number of aryl methyl sites for hydroxylation is 1. The highest BCUT2D eigenvalue weighted by Crippen LogP contribution is 2.18. The maximum Gasteiger partial charge on any atom is 0.320 e. The molecule has 1 unspecified atom stereocenters. The molecule has 1 aliphatic rings. The van der Waals surface area contributed by atoms with Crippen LogP contribution in [-0.2, 0) is 11.2 Å². The van der Waals surface area contributed by atoms with E-state index >= 15 is 0 Å². The number of aromatic nitrogens is 1. The van der Waals surface area contributed by atoms with Gasteiger partial charge in [-0.15, -0.1) is 0 Å². The van der Waals surface area contributed by atoms with Crippen LogP contribution in [0.4, 0.5) is 10.6 Å². The van der Waals surface area contributed by atoms with Crippen molar-refractivity contribution in [3.63, 3.8) is 0 Å². The number of carbonyl (C=O) groups is 2. The molecule has 1 aromatic rings. The quantitative estimate of drug-likeness (QED) is 0.753. The smallest absolute Gasteiger partial charge is 0.320 e. The highest BCUT2D eigenvalue weighted by Gasteiger charge is 2.33. The lowest BCUT2D eigenvalue weighted by molar-refractivity contribution is -0.119. The Morgan fingerprint density at radius 2 is 2.22 bits per heavy atom. The average Bonchev–Trinajstić information content (AvgIpc) is 2.84. The molecule has 0 aromatic carbocycles. The minimum absolute atomic E-state index is 0.0355. The summed E-state index contributed by atoms with van der Waals surface area (Å²) in [5.41, 5.74) is 0.813. The number of anilines is 1. The Morgan fingerprint density at radius 3 is 2.78 bits per heavy atom. The van der Waals surface area contributed by atoms with E-state index in [0.29, 0.717) is 24.7 Å². The van der Waals surface area contributed by atoms with Crippen molar-refractivity contribution in [2.24, 2.45) is 5.92 Å². The number of nitrogens with zero attached hydrogens (tertiary/aromatic N) is 1. The molecule has 6 nitrogen and oxygen atoms in total. The van der Waals surface area contributed by atoms with Gasteiger partial charge in [0.15, 0.2) is 0 Å². The van der Waals surface area contributed by atoms with Gasteiger partial charge in [-0.25, -0.2) is 9.78 Å². The molecular weight excluding hydrogens is 292 g/mol. The highest BCUT2D eigenvalue weighted by atomic mass is 16.2. The van der Waals surface area contributed by atoms with Crippen LogP contribution in [0.2, 0.25) is 0 Å². The predicted octanol–water partition coefficient (Wildman–Crippen LogP) is 2.46. The van der Waals surface area contributed by atoms with Gasteiger partial charge in [0.2, 0.25) is 5.91 Å². The molecule has 3 N–H and O–H groups in total. The molecule has 6 heteroatoms. The zero-order valence-electron chi connectivity index (χ0n) is 14.1. The lowest BCUT2D eigenvalue weighted by Gasteiger charge is -2.24. The second kappa shape index (κ2) is 7.44. The standard InChI is InChI=1S/C17H26N4O2/c1-12(2)4-5-13-6-7-14(18-10-13)20-16(23)19-11-17(3)9-8-15(22)21-17/h6-7,10,12H,4-5,8-9,11H2,1-3H3,(H,21,22)(H2,18,19,20,23). The number of rotatable bonds is 6.